The summed E-state index contributed by atoms with van der Waals surface area (Å²) in [6.07, 6.45) is 6.35. The Morgan fingerprint density at radius 1 is 1.29 bits per heavy atom. The van der Waals surface area contributed by atoms with Crippen LogP contribution in [0.2, 0.25) is 0 Å². The first kappa shape index (κ1) is 30.5. The molecule has 1 spiro atoms. The zero-order valence-electron chi connectivity index (χ0n) is 24.7. The number of pyridine rings is 1. The lowest BCUT2D eigenvalue weighted by molar-refractivity contribution is -0.131. The Labute approximate surface area is 251 Å². The van der Waals surface area contributed by atoms with Crippen molar-refractivity contribution in [1.82, 2.24) is 20.6 Å². The fourth-order valence-electron chi connectivity index (χ4n) is 5.77. The number of rotatable bonds is 12. The van der Waals surface area contributed by atoms with Crippen molar-refractivity contribution in [1.29, 1.82) is 0 Å². The molecule has 3 heterocycles. The van der Waals surface area contributed by atoms with Gasteiger partial charge in [0, 0.05) is 61.4 Å². The lowest BCUT2D eigenvalue weighted by Crippen LogP contribution is -2.53. The molecule has 1 aliphatic carbocycles. The van der Waals surface area contributed by atoms with E-state index in [1.54, 1.807) is 44.5 Å². The minimum Gasteiger partial charge on any atom is -0.471 e. The number of aliphatic hydroxyl groups is 1. The molecule has 0 bridgehead atoms. The normalized spacial score (nSPS) is 19.7. The van der Waals surface area contributed by atoms with Crippen LogP contribution in [0.4, 0.5) is 4.39 Å². The Balaban J connectivity index is 1.34. The van der Waals surface area contributed by atoms with E-state index in [0.717, 1.165) is 52.9 Å². The summed E-state index contributed by atoms with van der Waals surface area (Å²) in [6, 6.07) is 9.30. The second kappa shape index (κ2) is 12.8. The molecule has 1 saturated carbocycles. The van der Waals surface area contributed by atoms with Crippen molar-refractivity contribution in [3.63, 3.8) is 0 Å². The van der Waals surface area contributed by atoms with Crippen molar-refractivity contribution in [2.75, 3.05) is 13.7 Å². The van der Waals surface area contributed by atoms with Gasteiger partial charge in [-0.3, -0.25) is 4.79 Å². The summed E-state index contributed by atoms with van der Waals surface area (Å²) in [6.45, 7) is 5.03. The Kier molecular flexibility index (Phi) is 9.27. The minimum absolute atomic E-state index is 0.124. The average Bonchev–Trinajstić information content (AvgIpc) is 3.48. The van der Waals surface area contributed by atoms with Crippen LogP contribution in [0, 0.1) is 0 Å². The zero-order valence-corrected chi connectivity index (χ0v) is 25.5. The van der Waals surface area contributed by atoms with Gasteiger partial charge in [0.2, 0.25) is 11.8 Å². The first-order valence-corrected chi connectivity index (χ1v) is 15.5. The summed E-state index contributed by atoms with van der Waals surface area (Å²) in [7, 11) is 1.49. The topological polar surface area (TPSA) is 106 Å². The number of fused-ring (bicyclic) bond motifs is 1. The molecule has 1 unspecified atom stereocenters. The van der Waals surface area contributed by atoms with Crippen LogP contribution in [-0.4, -0.2) is 64.2 Å². The molecule has 1 fully saturated rings. The standard InChI is InChI=1S/C32H41FN4O4S/c1-20(40-4)28(39)37-25(15-21-7-5-8-23(13-21)30-34-11-12-42-30)27(38)19-35-26-17-32(9-6-10-32)41-29-24(26)14-22(18-36-29)16-31(2,3)33/h5,7-8,11-14,18,20,25-27,35,38H,6,9-10,15-17,19H2,1-4H3,(H,37,39)/t20?,25-,26-,27+/m0/s1. The Hall–Kier alpha value is -2.92. The van der Waals surface area contributed by atoms with Gasteiger partial charge in [-0.25, -0.2) is 14.4 Å². The number of nitrogens with zero attached hydrogens (tertiary/aromatic N) is 2. The van der Waals surface area contributed by atoms with Crippen molar-refractivity contribution < 1.29 is 23.8 Å². The highest BCUT2D eigenvalue weighted by Gasteiger charge is 2.46. The van der Waals surface area contributed by atoms with E-state index in [9.17, 15) is 14.3 Å². The summed E-state index contributed by atoms with van der Waals surface area (Å²) < 4.78 is 26.0. The number of ether oxygens (including phenoxy) is 2. The molecule has 42 heavy (non-hydrogen) atoms. The maximum absolute atomic E-state index is 14.4. The minimum atomic E-state index is -1.36. The van der Waals surface area contributed by atoms with Gasteiger partial charge < -0.3 is 25.2 Å². The van der Waals surface area contributed by atoms with Gasteiger partial charge in [0.15, 0.2) is 0 Å². The predicted molar refractivity (Wildman–Crippen MR) is 161 cm³/mol. The van der Waals surface area contributed by atoms with E-state index < -0.39 is 23.9 Å². The smallest absolute Gasteiger partial charge is 0.249 e. The van der Waals surface area contributed by atoms with Crippen LogP contribution in [-0.2, 0) is 22.4 Å². The van der Waals surface area contributed by atoms with E-state index in [1.165, 1.54) is 7.11 Å². The number of hydrogen-bond acceptors (Lipinski definition) is 8. The van der Waals surface area contributed by atoms with Gasteiger partial charge in [-0.2, -0.15) is 0 Å². The van der Waals surface area contributed by atoms with Gasteiger partial charge in [-0.05, 0) is 69.7 Å². The fourth-order valence-corrected chi connectivity index (χ4v) is 6.40. The number of carbonyl (C=O) groups is 1. The van der Waals surface area contributed by atoms with Crippen LogP contribution in [0.3, 0.4) is 0 Å². The molecule has 3 N–H and O–H groups in total. The predicted octanol–water partition coefficient (Wildman–Crippen LogP) is 4.95. The number of methoxy groups -OCH3 is 1. The highest BCUT2D eigenvalue weighted by atomic mass is 32.1. The van der Waals surface area contributed by atoms with Crippen LogP contribution in [0.1, 0.15) is 69.2 Å². The second-order valence-corrected chi connectivity index (χ2v) is 13.1. The first-order valence-electron chi connectivity index (χ1n) is 14.6. The van der Waals surface area contributed by atoms with Crippen LogP contribution in [0.25, 0.3) is 10.6 Å². The lowest BCUT2D eigenvalue weighted by Gasteiger charge is -2.47. The highest BCUT2D eigenvalue weighted by Crippen LogP contribution is 2.48. The van der Waals surface area contributed by atoms with Gasteiger partial charge in [-0.15, -0.1) is 11.3 Å². The lowest BCUT2D eigenvalue weighted by atomic mass is 9.73. The van der Waals surface area contributed by atoms with E-state index in [2.05, 4.69) is 20.6 Å². The molecule has 2 aromatic heterocycles. The quantitative estimate of drug-likeness (QED) is 0.272. The molecule has 8 nitrogen and oxygen atoms in total. The summed E-state index contributed by atoms with van der Waals surface area (Å²) in [5.74, 6) is 0.288. The van der Waals surface area contributed by atoms with Gasteiger partial charge in [0.1, 0.15) is 22.4 Å². The average molecular weight is 597 g/mol. The van der Waals surface area contributed by atoms with Crippen LogP contribution in [0.5, 0.6) is 5.88 Å². The summed E-state index contributed by atoms with van der Waals surface area (Å²) in [4.78, 5) is 21.8. The van der Waals surface area contributed by atoms with Crippen molar-refractivity contribution in [3.05, 3.63) is 64.8 Å². The molecule has 1 amide bonds. The van der Waals surface area contributed by atoms with Crippen molar-refractivity contribution in [3.8, 4) is 16.5 Å². The Morgan fingerprint density at radius 2 is 2.10 bits per heavy atom. The third-order valence-electron chi connectivity index (χ3n) is 8.24. The third kappa shape index (κ3) is 7.34. The number of amides is 1. The number of thiazole rings is 1. The number of halogens is 1. The number of aromatic nitrogens is 2. The van der Waals surface area contributed by atoms with Crippen LogP contribution >= 0.6 is 11.3 Å². The molecule has 3 aromatic rings. The monoisotopic (exact) mass is 596 g/mol. The second-order valence-electron chi connectivity index (χ2n) is 12.2. The Morgan fingerprint density at radius 3 is 2.76 bits per heavy atom. The van der Waals surface area contributed by atoms with E-state index in [0.29, 0.717) is 12.3 Å². The van der Waals surface area contributed by atoms with Gasteiger partial charge in [-0.1, -0.05) is 18.2 Å². The molecule has 0 saturated heterocycles. The number of benzene rings is 1. The zero-order chi connectivity index (χ0) is 29.9. The molecule has 4 atom stereocenters. The summed E-state index contributed by atoms with van der Waals surface area (Å²) >= 11 is 1.56. The van der Waals surface area contributed by atoms with Crippen molar-refractivity contribution >= 4 is 17.2 Å². The third-order valence-corrected chi connectivity index (χ3v) is 9.06. The van der Waals surface area contributed by atoms with E-state index in [4.69, 9.17) is 9.47 Å². The van der Waals surface area contributed by atoms with Crippen molar-refractivity contribution in [2.24, 2.45) is 0 Å². The van der Waals surface area contributed by atoms with Gasteiger partial charge in [0.05, 0.1) is 12.1 Å². The van der Waals surface area contributed by atoms with E-state index >= 15 is 0 Å². The molecule has 1 aliphatic heterocycles. The highest BCUT2D eigenvalue weighted by molar-refractivity contribution is 7.13. The van der Waals surface area contributed by atoms with Crippen molar-refractivity contribution in [2.45, 2.75) is 94.9 Å². The molecule has 0 radical (unpaired) electrons. The molecular weight excluding hydrogens is 555 g/mol. The molecule has 10 heteroatoms. The first-order chi connectivity index (χ1) is 20.0. The van der Waals surface area contributed by atoms with E-state index in [1.807, 2.05) is 35.7 Å². The number of nitrogens with one attached hydrogen (secondary N) is 2. The van der Waals surface area contributed by atoms with Crippen LogP contribution < -0.4 is 15.4 Å². The maximum Gasteiger partial charge on any atom is 0.249 e. The molecule has 1 aromatic carbocycles. The van der Waals surface area contributed by atoms with Crippen LogP contribution in [0.15, 0.2) is 48.1 Å². The molecule has 226 valence electrons. The molecular formula is C32H41FN4O4S. The number of alkyl halides is 1. The number of carbonyl (C=O) groups excluding carboxylic acids is 1. The number of aliphatic hydroxyl groups excluding tert-OH is 1. The largest absolute Gasteiger partial charge is 0.471 e. The fraction of sp³-hybridized carbons (Fsp3) is 0.531. The Bertz CT molecular complexity index is 1360. The van der Waals surface area contributed by atoms with E-state index in [-0.39, 0.29) is 30.5 Å². The molecule has 5 rings (SSSR count). The summed E-state index contributed by atoms with van der Waals surface area (Å²) in [5, 5.41) is 20.9. The van der Waals surface area contributed by atoms with Gasteiger partial charge in [0.25, 0.3) is 0 Å². The summed E-state index contributed by atoms with van der Waals surface area (Å²) in [5.41, 5.74) is 2.04. The molecule has 2 aliphatic rings. The SMILES string of the molecule is COC(C)C(=O)N[C@@H](Cc1cccc(-c2nccs2)c1)[C@H](O)CN[C@H]1CC2(CCC2)Oc2ncc(CC(C)(C)F)cc21. The maximum atomic E-state index is 14.4. The number of hydrogen-bond donors (Lipinski definition) is 3. The van der Waals surface area contributed by atoms with Gasteiger partial charge >= 0.3 is 0 Å².